The van der Waals surface area contributed by atoms with Crippen LogP contribution in [0.5, 0.6) is 0 Å². The number of rotatable bonds is 2. The monoisotopic (exact) mass is 188 g/mol. The van der Waals surface area contributed by atoms with Gasteiger partial charge in [0.2, 0.25) is 0 Å². The summed E-state index contributed by atoms with van der Waals surface area (Å²) in [5.41, 5.74) is 0.270. The van der Waals surface area contributed by atoms with Gasteiger partial charge in [-0.25, -0.2) is 8.78 Å². The molecule has 0 spiro atoms. The molecule has 1 rings (SSSR count). The van der Waals surface area contributed by atoms with Gasteiger partial charge in [-0.05, 0) is 18.1 Å². The molecule has 0 saturated carbocycles. The lowest BCUT2D eigenvalue weighted by Gasteiger charge is -2.01. The molecular weight excluding hydrogens is 182 g/mol. The van der Waals surface area contributed by atoms with Gasteiger partial charge in [0.15, 0.2) is 11.6 Å². The maximum Gasteiger partial charge on any atom is 0.177 e. The Kier molecular flexibility index (Phi) is 2.82. The summed E-state index contributed by atoms with van der Waals surface area (Å²) in [5.74, 6) is -1.88. The topological polar surface area (TPSA) is 0 Å². The average Bonchev–Trinajstić information content (AvgIpc) is 2.07. The minimum absolute atomic E-state index is 0.194. The van der Waals surface area contributed by atoms with Gasteiger partial charge in [0, 0.05) is 0 Å². The lowest BCUT2D eigenvalue weighted by molar-refractivity contribution is 0.501. The van der Waals surface area contributed by atoms with Crippen molar-refractivity contribution in [3.8, 4) is 0 Å². The minimum Gasteiger partial charge on any atom is -0.203 e. The van der Waals surface area contributed by atoms with Crippen LogP contribution in [0, 0.1) is 11.6 Å². The SMILES string of the molecule is C=CCc1ccc(Cl)c(F)c1F. The Bertz CT molecular complexity index is 308. The second kappa shape index (κ2) is 3.68. The van der Waals surface area contributed by atoms with Gasteiger partial charge in [0.25, 0.3) is 0 Å². The van der Waals surface area contributed by atoms with Gasteiger partial charge in [-0.1, -0.05) is 23.7 Å². The van der Waals surface area contributed by atoms with E-state index in [4.69, 9.17) is 11.6 Å². The molecular formula is C9H7ClF2. The van der Waals surface area contributed by atoms with Gasteiger partial charge in [-0.15, -0.1) is 6.58 Å². The highest BCUT2D eigenvalue weighted by Crippen LogP contribution is 2.20. The van der Waals surface area contributed by atoms with E-state index < -0.39 is 11.6 Å². The van der Waals surface area contributed by atoms with E-state index in [9.17, 15) is 8.78 Å². The number of hydrogen-bond acceptors (Lipinski definition) is 0. The fourth-order valence-electron chi connectivity index (χ4n) is 0.879. The predicted octanol–water partition coefficient (Wildman–Crippen LogP) is 3.35. The lowest BCUT2D eigenvalue weighted by Crippen LogP contribution is -1.93. The van der Waals surface area contributed by atoms with E-state index in [2.05, 4.69) is 6.58 Å². The third-order valence-electron chi connectivity index (χ3n) is 1.48. The van der Waals surface area contributed by atoms with Crippen LogP contribution < -0.4 is 0 Å². The fraction of sp³-hybridized carbons (Fsp3) is 0.111. The zero-order valence-corrected chi connectivity index (χ0v) is 7.04. The third-order valence-corrected chi connectivity index (χ3v) is 1.77. The molecule has 0 unspecified atom stereocenters. The van der Waals surface area contributed by atoms with Crippen molar-refractivity contribution in [3.63, 3.8) is 0 Å². The summed E-state index contributed by atoms with van der Waals surface area (Å²) in [5, 5.41) is -0.194. The number of halogens is 3. The standard InChI is InChI=1S/C9H7ClF2/c1-2-3-6-4-5-7(10)9(12)8(6)11/h2,4-5H,1,3H2. The molecule has 0 fully saturated rings. The van der Waals surface area contributed by atoms with Gasteiger partial charge in [-0.3, -0.25) is 0 Å². The first-order valence-corrected chi connectivity index (χ1v) is 3.78. The van der Waals surface area contributed by atoms with E-state index in [0.29, 0.717) is 6.42 Å². The lowest BCUT2D eigenvalue weighted by atomic mass is 10.1. The number of hydrogen-bond donors (Lipinski definition) is 0. The maximum absolute atomic E-state index is 12.9. The molecule has 12 heavy (non-hydrogen) atoms. The van der Waals surface area contributed by atoms with Gasteiger partial charge >= 0.3 is 0 Å². The zero-order valence-electron chi connectivity index (χ0n) is 6.28. The average molecular weight is 189 g/mol. The Balaban J connectivity index is 3.16. The minimum atomic E-state index is -0.990. The van der Waals surface area contributed by atoms with E-state index >= 15 is 0 Å². The van der Waals surface area contributed by atoms with Gasteiger partial charge in [-0.2, -0.15) is 0 Å². The largest absolute Gasteiger partial charge is 0.203 e. The van der Waals surface area contributed by atoms with Crippen LogP contribution in [0.3, 0.4) is 0 Å². The molecule has 0 bridgehead atoms. The Morgan fingerprint density at radius 2 is 2.00 bits per heavy atom. The Hall–Kier alpha value is -0.890. The third kappa shape index (κ3) is 1.64. The van der Waals surface area contributed by atoms with Crippen LogP contribution in [0.25, 0.3) is 0 Å². The second-order valence-corrected chi connectivity index (χ2v) is 2.73. The molecule has 0 aromatic heterocycles. The van der Waals surface area contributed by atoms with Crippen molar-refractivity contribution >= 4 is 11.6 Å². The second-order valence-electron chi connectivity index (χ2n) is 2.33. The molecule has 1 aromatic rings. The molecule has 0 aliphatic rings. The normalized spacial score (nSPS) is 9.92. The molecule has 3 heteroatoms. The Morgan fingerprint density at radius 1 is 1.33 bits per heavy atom. The number of allylic oxidation sites excluding steroid dienone is 1. The summed E-state index contributed by atoms with van der Waals surface area (Å²) < 4.78 is 25.7. The highest BCUT2D eigenvalue weighted by Gasteiger charge is 2.10. The Labute approximate surface area is 74.5 Å². The summed E-state index contributed by atoms with van der Waals surface area (Å²) in [6, 6.07) is 2.78. The van der Waals surface area contributed by atoms with Crippen molar-refractivity contribution in [1.82, 2.24) is 0 Å². The Morgan fingerprint density at radius 3 is 2.58 bits per heavy atom. The molecule has 64 valence electrons. The van der Waals surface area contributed by atoms with Crippen LogP contribution in [0.4, 0.5) is 8.78 Å². The molecule has 0 heterocycles. The maximum atomic E-state index is 12.9. The molecule has 0 nitrogen and oxygen atoms in total. The van der Waals surface area contributed by atoms with E-state index in [1.165, 1.54) is 18.2 Å². The van der Waals surface area contributed by atoms with E-state index in [-0.39, 0.29) is 10.6 Å². The van der Waals surface area contributed by atoms with Crippen LogP contribution in [-0.4, -0.2) is 0 Å². The van der Waals surface area contributed by atoms with Gasteiger partial charge in [0.05, 0.1) is 5.02 Å². The van der Waals surface area contributed by atoms with Crippen LogP contribution in [0.1, 0.15) is 5.56 Å². The summed E-state index contributed by atoms with van der Waals surface area (Å²) in [6.07, 6.45) is 1.81. The van der Waals surface area contributed by atoms with Gasteiger partial charge < -0.3 is 0 Å². The van der Waals surface area contributed by atoms with Crippen molar-refractivity contribution < 1.29 is 8.78 Å². The van der Waals surface area contributed by atoms with Crippen LogP contribution >= 0.6 is 11.6 Å². The summed E-state index contributed by atoms with van der Waals surface area (Å²) >= 11 is 5.35. The fourth-order valence-corrected chi connectivity index (χ4v) is 1.02. The van der Waals surface area contributed by atoms with Crippen LogP contribution in [-0.2, 0) is 6.42 Å². The first-order valence-electron chi connectivity index (χ1n) is 3.40. The molecule has 0 radical (unpaired) electrons. The summed E-state index contributed by atoms with van der Waals surface area (Å²) in [4.78, 5) is 0. The van der Waals surface area contributed by atoms with Crippen molar-refractivity contribution in [2.45, 2.75) is 6.42 Å². The molecule has 0 amide bonds. The molecule has 0 aliphatic carbocycles. The van der Waals surface area contributed by atoms with E-state index in [1.54, 1.807) is 0 Å². The van der Waals surface area contributed by atoms with Crippen molar-refractivity contribution in [1.29, 1.82) is 0 Å². The highest BCUT2D eigenvalue weighted by molar-refractivity contribution is 6.30. The van der Waals surface area contributed by atoms with Crippen molar-refractivity contribution in [3.05, 3.63) is 47.0 Å². The first kappa shape index (κ1) is 9.20. The van der Waals surface area contributed by atoms with Crippen molar-refractivity contribution in [2.75, 3.05) is 0 Å². The first-order chi connectivity index (χ1) is 5.66. The van der Waals surface area contributed by atoms with E-state index in [1.807, 2.05) is 0 Å². The van der Waals surface area contributed by atoms with Crippen molar-refractivity contribution in [2.24, 2.45) is 0 Å². The van der Waals surface area contributed by atoms with Crippen LogP contribution in [0.15, 0.2) is 24.8 Å². The predicted molar refractivity (Wildman–Crippen MR) is 45.3 cm³/mol. The molecule has 0 saturated heterocycles. The quantitative estimate of drug-likeness (QED) is 0.493. The van der Waals surface area contributed by atoms with Crippen LogP contribution in [0.2, 0.25) is 5.02 Å². The highest BCUT2D eigenvalue weighted by atomic mass is 35.5. The van der Waals surface area contributed by atoms with E-state index in [0.717, 1.165) is 0 Å². The summed E-state index contributed by atoms with van der Waals surface area (Å²) in [7, 11) is 0. The van der Waals surface area contributed by atoms with Gasteiger partial charge in [0.1, 0.15) is 0 Å². The molecule has 0 aliphatic heterocycles. The summed E-state index contributed by atoms with van der Waals surface area (Å²) in [6.45, 7) is 3.43. The molecule has 1 aromatic carbocycles. The number of benzene rings is 1. The smallest absolute Gasteiger partial charge is 0.177 e. The molecule has 0 atom stereocenters. The zero-order chi connectivity index (χ0) is 9.14. The molecule has 0 N–H and O–H groups in total.